The van der Waals surface area contributed by atoms with Gasteiger partial charge in [0, 0.05) is 44.1 Å². The Morgan fingerprint density at radius 3 is 2.68 bits per heavy atom. The number of carbonyl (C=O) groups excluding carboxylic acids is 1. The van der Waals surface area contributed by atoms with Crippen molar-refractivity contribution in [1.29, 1.82) is 0 Å². The first-order chi connectivity index (χ1) is 13.7. The number of hydrogen-bond donors (Lipinski definition) is 2. The van der Waals surface area contributed by atoms with E-state index in [-0.39, 0.29) is 18.2 Å². The minimum atomic E-state index is -0.276. The standard InChI is InChI=1S/C20H22N6O2/c1-26-9-8-21-19(26)17-11-15(7-10-28-17)24-20(27)25-16-12-22-18(23-13-16)14-5-3-2-4-6-14/h2-6,8-9,12-13,15,17H,7,10-11H2,1H3,(H2,24,25,27). The van der Waals surface area contributed by atoms with E-state index < -0.39 is 0 Å². The second kappa shape index (κ2) is 8.18. The van der Waals surface area contributed by atoms with Crippen molar-refractivity contribution in [3.05, 3.63) is 60.9 Å². The summed E-state index contributed by atoms with van der Waals surface area (Å²) < 4.78 is 7.76. The Hall–Kier alpha value is -3.26. The maximum Gasteiger partial charge on any atom is 0.319 e. The van der Waals surface area contributed by atoms with Crippen LogP contribution >= 0.6 is 0 Å². The summed E-state index contributed by atoms with van der Waals surface area (Å²) in [6, 6.07) is 9.44. The van der Waals surface area contributed by atoms with Crippen molar-refractivity contribution in [2.75, 3.05) is 11.9 Å². The summed E-state index contributed by atoms with van der Waals surface area (Å²) in [4.78, 5) is 25.3. The maximum atomic E-state index is 12.4. The smallest absolute Gasteiger partial charge is 0.319 e. The van der Waals surface area contributed by atoms with Crippen LogP contribution in [0.1, 0.15) is 24.8 Å². The topological polar surface area (TPSA) is 94.0 Å². The van der Waals surface area contributed by atoms with Gasteiger partial charge in [0.15, 0.2) is 5.82 Å². The summed E-state index contributed by atoms with van der Waals surface area (Å²) in [5, 5.41) is 5.79. The Bertz CT molecular complexity index is 925. The van der Waals surface area contributed by atoms with Crippen LogP contribution in [0.4, 0.5) is 10.5 Å². The van der Waals surface area contributed by atoms with Crippen molar-refractivity contribution >= 4 is 11.7 Å². The molecule has 8 nitrogen and oxygen atoms in total. The van der Waals surface area contributed by atoms with Gasteiger partial charge in [-0.3, -0.25) is 0 Å². The predicted molar refractivity (Wildman–Crippen MR) is 105 cm³/mol. The van der Waals surface area contributed by atoms with Gasteiger partial charge in [0.1, 0.15) is 11.9 Å². The third-order valence-corrected chi connectivity index (χ3v) is 4.71. The average molecular weight is 378 g/mol. The molecule has 3 aromatic rings. The van der Waals surface area contributed by atoms with E-state index in [0.717, 1.165) is 17.8 Å². The molecule has 2 atom stereocenters. The Kier molecular flexibility index (Phi) is 5.29. The summed E-state index contributed by atoms with van der Waals surface area (Å²) in [6.45, 7) is 0.581. The molecule has 28 heavy (non-hydrogen) atoms. The van der Waals surface area contributed by atoms with Gasteiger partial charge in [-0.05, 0) is 6.42 Å². The lowest BCUT2D eigenvalue weighted by Crippen LogP contribution is -2.42. The molecule has 8 heteroatoms. The van der Waals surface area contributed by atoms with E-state index in [2.05, 4.69) is 25.6 Å². The number of ether oxygens (including phenoxy) is 1. The van der Waals surface area contributed by atoms with Crippen molar-refractivity contribution in [2.24, 2.45) is 7.05 Å². The highest BCUT2D eigenvalue weighted by Gasteiger charge is 2.27. The molecule has 0 spiro atoms. The minimum Gasteiger partial charge on any atom is -0.370 e. The molecule has 1 saturated heterocycles. The van der Waals surface area contributed by atoms with Crippen molar-refractivity contribution in [1.82, 2.24) is 24.8 Å². The molecule has 0 bridgehead atoms. The van der Waals surface area contributed by atoms with Gasteiger partial charge in [0.25, 0.3) is 0 Å². The van der Waals surface area contributed by atoms with Crippen molar-refractivity contribution < 1.29 is 9.53 Å². The molecule has 3 heterocycles. The Morgan fingerprint density at radius 2 is 1.96 bits per heavy atom. The van der Waals surface area contributed by atoms with Crippen LogP contribution < -0.4 is 10.6 Å². The van der Waals surface area contributed by atoms with Crippen molar-refractivity contribution in [3.63, 3.8) is 0 Å². The van der Waals surface area contributed by atoms with Crippen LogP contribution in [-0.4, -0.2) is 38.2 Å². The number of rotatable bonds is 4. The number of nitrogens with one attached hydrogen (secondary N) is 2. The summed E-state index contributed by atoms with van der Waals surface area (Å²) in [6.07, 6.45) is 8.18. The van der Waals surface area contributed by atoms with Gasteiger partial charge in [-0.15, -0.1) is 0 Å². The fourth-order valence-electron chi connectivity index (χ4n) is 3.28. The lowest BCUT2D eigenvalue weighted by molar-refractivity contribution is -0.00410. The molecule has 0 saturated carbocycles. The van der Waals surface area contributed by atoms with Crippen molar-refractivity contribution in [2.45, 2.75) is 25.0 Å². The van der Waals surface area contributed by atoms with E-state index in [0.29, 0.717) is 24.5 Å². The predicted octanol–water partition coefficient (Wildman–Crippen LogP) is 2.92. The quantitative estimate of drug-likeness (QED) is 0.728. The zero-order valence-electron chi connectivity index (χ0n) is 15.6. The molecule has 0 radical (unpaired) electrons. The van der Waals surface area contributed by atoms with Crippen LogP contribution in [-0.2, 0) is 11.8 Å². The van der Waals surface area contributed by atoms with Crippen molar-refractivity contribution in [3.8, 4) is 11.4 Å². The molecule has 2 aromatic heterocycles. The van der Waals surface area contributed by atoms with Gasteiger partial charge in [-0.2, -0.15) is 0 Å². The van der Waals surface area contributed by atoms with Crippen LogP contribution in [0.2, 0.25) is 0 Å². The van der Waals surface area contributed by atoms with Crippen LogP contribution in [0.25, 0.3) is 11.4 Å². The van der Waals surface area contributed by atoms with E-state index in [9.17, 15) is 4.79 Å². The third kappa shape index (κ3) is 4.17. The number of aryl methyl sites for hydroxylation is 1. The van der Waals surface area contributed by atoms with Gasteiger partial charge in [0.05, 0.1) is 18.1 Å². The second-order valence-electron chi connectivity index (χ2n) is 6.74. The Balaban J connectivity index is 1.33. The molecule has 1 aliphatic rings. The number of hydrogen-bond acceptors (Lipinski definition) is 5. The first-order valence-electron chi connectivity index (χ1n) is 9.23. The highest BCUT2D eigenvalue weighted by molar-refractivity contribution is 5.89. The number of benzene rings is 1. The summed E-state index contributed by atoms with van der Waals surface area (Å²) >= 11 is 0. The number of urea groups is 1. The minimum absolute atomic E-state index is 0.0139. The fourth-order valence-corrected chi connectivity index (χ4v) is 3.28. The Morgan fingerprint density at radius 1 is 1.18 bits per heavy atom. The highest BCUT2D eigenvalue weighted by Crippen LogP contribution is 2.26. The molecule has 2 N–H and O–H groups in total. The number of nitrogens with zero attached hydrogens (tertiary/aromatic N) is 4. The number of amides is 2. The second-order valence-corrected chi connectivity index (χ2v) is 6.74. The van der Waals surface area contributed by atoms with E-state index in [1.54, 1.807) is 18.6 Å². The third-order valence-electron chi connectivity index (χ3n) is 4.71. The molecule has 4 rings (SSSR count). The number of carbonyl (C=O) groups is 1. The molecular weight excluding hydrogens is 356 g/mol. The molecule has 1 aliphatic heterocycles. The maximum absolute atomic E-state index is 12.4. The van der Waals surface area contributed by atoms with E-state index in [1.807, 2.05) is 48.1 Å². The SMILES string of the molecule is Cn1ccnc1C1CC(NC(=O)Nc2cnc(-c3ccccc3)nc2)CCO1. The monoisotopic (exact) mass is 378 g/mol. The zero-order valence-corrected chi connectivity index (χ0v) is 15.6. The Labute approximate surface area is 163 Å². The van der Waals surface area contributed by atoms with Gasteiger partial charge in [-0.25, -0.2) is 19.7 Å². The molecule has 0 aliphatic carbocycles. The van der Waals surface area contributed by atoms with Gasteiger partial charge >= 0.3 is 6.03 Å². The lowest BCUT2D eigenvalue weighted by atomic mass is 10.0. The first-order valence-corrected chi connectivity index (χ1v) is 9.23. The molecule has 1 aromatic carbocycles. The van der Waals surface area contributed by atoms with Gasteiger partial charge in [0.2, 0.25) is 0 Å². The highest BCUT2D eigenvalue weighted by atomic mass is 16.5. The average Bonchev–Trinajstić information content (AvgIpc) is 3.15. The van der Waals surface area contributed by atoms with E-state index in [4.69, 9.17) is 4.74 Å². The molecule has 2 amide bonds. The van der Waals surface area contributed by atoms with Crippen LogP contribution in [0, 0.1) is 0 Å². The fraction of sp³-hybridized carbons (Fsp3) is 0.300. The van der Waals surface area contributed by atoms with E-state index in [1.165, 1.54) is 0 Å². The first kappa shape index (κ1) is 18.1. The number of anilines is 1. The zero-order chi connectivity index (χ0) is 19.3. The van der Waals surface area contributed by atoms with Crippen LogP contribution in [0.3, 0.4) is 0 Å². The number of aromatic nitrogens is 4. The number of imidazole rings is 1. The molecular formula is C20H22N6O2. The summed E-state index contributed by atoms with van der Waals surface area (Å²) in [7, 11) is 1.94. The largest absolute Gasteiger partial charge is 0.370 e. The van der Waals surface area contributed by atoms with E-state index >= 15 is 0 Å². The summed E-state index contributed by atoms with van der Waals surface area (Å²) in [5.41, 5.74) is 1.48. The molecule has 144 valence electrons. The van der Waals surface area contributed by atoms with Crippen LogP contribution in [0.5, 0.6) is 0 Å². The molecule has 2 unspecified atom stereocenters. The van der Waals surface area contributed by atoms with Crippen LogP contribution in [0.15, 0.2) is 55.1 Å². The summed E-state index contributed by atoms with van der Waals surface area (Å²) in [5.74, 6) is 1.49. The van der Waals surface area contributed by atoms with Gasteiger partial charge < -0.3 is 19.9 Å². The lowest BCUT2D eigenvalue weighted by Gasteiger charge is -2.29. The van der Waals surface area contributed by atoms with Gasteiger partial charge in [-0.1, -0.05) is 30.3 Å². The molecule has 1 fully saturated rings. The normalized spacial score (nSPS) is 19.2.